The third kappa shape index (κ3) is 3.74. The molecule has 0 saturated heterocycles. The van der Waals surface area contributed by atoms with E-state index in [1.165, 1.54) is 5.56 Å². The van der Waals surface area contributed by atoms with E-state index in [1.807, 2.05) is 12.1 Å². The quantitative estimate of drug-likeness (QED) is 0.802. The molecule has 0 fully saturated rings. The number of nitrogens with one attached hydrogen (secondary N) is 1. The van der Waals surface area contributed by atoms with Crippen molar-refractivity contribution in [3.8, 4) is 11.3 Å². The van der Waals surface area contributed by atoms with E-state index in [4.69, 9.17) is 4.42 Å². The molecule has 0 aliphatic rings. The lowest BCUT2D eigenvalue weighted by atomic mass is 10.0. The second kappa shape index (κ2) is 6.15. The van der Waals surface area contributed by atoms with E-state index in [0.29, 0.717) is 0 Å². The molecule has 1 aromatic carbocycles. The van der Waals surface area contributed by atoms with E-state index in [2.05, 4.69) is 67.1 Å². The van der Waals surface area contributed by atoms with Gasteiger partial charge in [0.2, 0.25) is 0 Å². The Balaban J connectivity index is 2.13. The number of halogens is 1. The highest BCUT2D eigenvalue weighted by molar-refractivity contribution is 9.10. The molecule has 3 heteroatoms. The van der Waals surface area contributed by atoms with Gasteiger partial charge >= 0.3 is 0 Å². The van der Waals surface area contributed by atoms with Crippen molar-refractivity contribution in [2.75, 3.05) is 0 Å². The minimum atomic E-state index is 0.139. The van der Waals surface area contributed by atoms with Crippen LogP contribution >= 0.6 is 15.9 Å². The predicted octanol–water partition coefficient (Wildman–Crippen LogP) is 5.30. The molecule has 2 aromatic rings. The Bertz CT molecular complexity index is 586. The zero-order valence-corrected chi connectivity index (χ0v) is 14.2. The van der Waals surface area contributed by atoms with Crippen molar-refractivity contribution in [2.24, 2.45) is 0 Å². The highest BCUT2D eigenvalue weighted by Crippen LogP contribution is 2.28. The molecule has 0 aliphatic carbocycles. The first-order valence-corrected chi connectivity index (χ1v) is 7.81. The molecule has 1 aromatic heterocycles. The molecule has 2 nitrogen and oxygen atoms in total. The van der Waals surface area contributed by atoms with Crippen LogP contribution in [0.5, 0.6) is 0 Å². The lowest BCUT2D eigenvalue weighted by molar-refractivity contribution is 0.353. The fourth-order valence-corrected chi connectivity index (χ4v) is 2.45. The number of rotatable bonds is 5. The molecule has 1 heterocycles. The van der Waals surface area contributed by atoms with E-state index in [0.717, 1.165) is 34.5 Å². The molecule has 0 unspecified atom stereocenters. The van der Waals surface area contributed by atoms with Gasteiger partial charge in [-0.1, -0.05) is 22.9 Å². The van der Waals surface area contributed by atoms with Crippen molar-refractivity contribution in [1.82, 2.24) is 5.32 Å². The molecule has 108 valence electrons. The summed E-state index contributed by atoms with van der Waals surface area (Å²) in [6.07, 6.45) is 1.09. The average Bonchev–Trinajstić information content (AvgIpc) is 2.85. The summed E-state index contributed by atoms with van der Waals surface area (Å²) >= 11 is 3.49. The fraction of sp³-hybridized carbons (Fsp3) is 0.412. The molecule has 0 aliphatic heterocycles. The molecule has 0 radical (unpaired) electrons. The summed E-state index contributed by atoms with van der Waals surface area (Å²) in [5.41, 5.74) is 2.50. The molecule has 2 rings (SSSR count). The van der Waals surface area contributed by atoms with Crippen LogP contribution < -0.4 is 5.32 Å². The zero-order valence-electron chi connectivity index (χ0n) is 12.6. The largest absolute Gasteiger partial charge is 0.460 e. The second-order valence-corrected chi connectivity index (χ2v) is 6.73. The first-order chi connectivity index (χ1) is 9.41. The molecule has 0 amide bonds. The van der Waals surface area contributed by atoms with Crippen LogP contribution in [-0.4, -0.2) is 5.54 Å². The smallest absolute Gasteiger partial charge is 0.134 e. The molecule has 0 spiro atoms. The minimum Gasteiger partial charge on any atom is -0.460 e. The van der Waals surface area contributed by atoms with Crippen molar-refractivity contribution in [1.29, 1.82) is 0 Å². The van der Waals surface area contributed by atoms with Crippen LogP contribution in [0.1, 0.15) is 38.5 Å². The normalized spacial score (nSPS) is 11.8. The summed E-state index contributed by atoms with van der Waals surface area (Å²) in [6, 6.07) is 10.3. The van der Waals surface area contributed by atoms with Crippen LogP contribution in [0.3, 0.4) is 0 Å². The van der Waals surface area contributed by atoms with Gasteiger partial charge in [0.1, 0.15) is 11.5 Å². The van der Waals surface area contributed by atoms with Gasteiger partial charge in [-0.3, -0.25) is 0 Å². The zero-order chi connectivity index (χ0) is 14.8. The number of hydrogen-bond donors (Lipinski definition) is 1. The van der Waals surface area contributed by atoms with E-state index in [9.17, 15) is 0 Å². The maximum absolute atomic E-state index is 5.95. The van der Waals surface area contributed by atoms with E-state index in [-0.39, 0.29) is 5.54 Å². The number of aryl methyl sites for hydroxylation is 1. The molecule has 0 bridgehead atoms. The summed E-state index contributed by atoms with van der Waals surface area (Å²) < 4.78 is 7.05. The van der Waals surface area contributed by atoms with Gasteiger partial charge in [0.25, 0.3) is 0 Å². The molecular formula is C17H22BrNO. The second-order valence-electron chi connectivity index (χ2n) is 5.82. The SMILES string of the molecule is CCC(C)(C)NCc1ccc(-c2ccc(Br)cc2C)o1. The Kier molecular flexibility index (Phi) is 4.71. The van der Waals surface area contributed by atoms with Crippen LogP contribution in [0.25, 0.3) is 11.3 Å². The maximum Gasteiger partial charge on any atom is 0.134 e. The van der Waals surface area contributed by atoms with Gasteiger partial charge in [0, 0.05) is 15.6 Å². The monoisotopic (exact) mass is 335 g/mol. The molecule has 1 N–H and O–H groups in total. The summed E-state index contributed by atoms with van der Waals surface area (Å²) in [5.74, 6) is 1.91. The number of furan rings is 1. The van der Waals surface area contributed by atoms with E-state index < -0.39 is 0 Å². The molecule has 0 saturated carbocycles. The number of hydrogen-bond acceptors (Lipinski definition) is 2. The Morgan fingerprint density at radius 1 is 1.20 bits per heavy atom. The standard InChI is InChI=1S/C17H22BrNO/c1-5-17(3,4)19-11-14-7-9-16(20-14)15-8-6-13(18)10-12(15)2/h6-10,19H,5,11H2,1-4H3. The fourth-order valence-electron chi connectivity index (χ4n) is 1.97. The summed E-state index contributed by atoms with van der Waals surface area (Å²) in [5, 5.41) is 3.51. The average molecular weight is 336 g/mol. The highest BCUT2D eigenvalue weighted by Gasteiger charge is 2.15. The van der Waals surface area contributed by atoms with Crippen molar-refractivity contribution in [3.63, 3.8) is 0 Å². The Hall–Kier alpha value is -1.06. The first kappa shape index (κ1) is 15.3. The molecular weight excluding hydrogens is 314 g/mol. The summed E-state index contributed by atoms with van der Waals surface area (Å²) in [6.45, 7) is 9.45. The highest BCUT2D eigenvalue weighted by atomic mass is 79.9. The summed E-state index contributed by atoms with van der Waals surface area (Å²) in [4.78, 5) is 0. The van der Waals surface area contributed by atoms with Crippen molar-refractivity contribution in [3.05, 3.63) is 46.1 Å². The van der Waals surface area contributed by atoms with Crippen molar-refractivity contribution < 1.29 is 4.42 Å². The minimum absolute atomic E-state index is 0.139. The van der Waals surface area contributed by atoms with Gasteiger partial charge < -0.3 is 9.73 Å². The van der Waals surface area contributed by atoms with Crippen molar-refractivity contribution in [2.45, 2.75) is 46.2 Å². The van der Waals surface area contributed by atoms with Crippen LogP contribution in [-0.2, 0) is 6.54 Å². The van der Waals surface area contributed by atoms with Gasteiger partial charge in [0.05, 0.1) is 6.54 Å². The van der Waals surface area contributed by atoms with E-state index in [1.54, 1.807) is 0 Å². The number of benzene rings is 1. The van der Waals surface area contributed by atoms with Crippen molar-refractivity contribution >= 4 is 15.9 Å². The lowest BCUT2D eigenvalue weighted by Crippen LogP contribution is -2.37. The first-order valence-electron chi connectivity index (χ1n) is 7.01. The molecule has 0 atom stereocenters. The van der Waals surface area contributed by atoms with Crippen LogP contribution in [0.2, 0.25) is 0 Å². The Morgan fingerprint density at radius 2 is 1.95 bits per heavy atom. The van der Waals surface area contributed by atoms with Crippen LogP contribution in [0.4, 0.5) is 0 Å². The predicted molar refractivity (Wildman–Crippen MR) is 87.8 cm³/mol. The summed E-state index contributed by atoms with van der Waals surface area (Å²) in [7, 11) is 0. The Morgan fingerprint density at radius 3 is 2.60 bits per heavy atom. The van der Waals surface area contributed by atoms with Gasteiger partial charge in [-0.2, -0.15) is 0 Å². The third-order valence-corrected chi connectivity index (χ3v) is 4.23. The third-order valence-electron chi connectivity index (χ3n) is 3.74. The Labute approximate surface area is 129 Å². The maximum atomic E-state index is 5.95. The van der Waals surface area contributed by atoms with E-state index >= 15 is 0 Å². The topological polar surface area (TPSA) is 25.2 Å². The van der Waals surface area contributed by atoms with Gasteiger partial charge in [0.15, 0.2) is 0 Å². The van der Waals surface area contributed by atoms with Crippen LogP contribution in [0, 0.1) is 6.92 Å². The van der Waals surface area contributed by atoms with Gasteiger partial charge in [-0.25, -0.2) is 0 Å². The van der Waals surface area contributed by atoms with Gasteiger partial charge in [-0.05, 0) is 63.1 Å². The van der Waals surface area contributed by atoms with Crippen LogP contribution in [0.15, 0.2) is 39.2 Å². The lowest BCUT2D eigenvalue weighted by Gasteiger charge is -2.23. The molecule has 20 heavy (non-hydrogen) atoms. The van der Waals surface area contributed by atoms with Gasteiger partial charge in [-0.15, -0.1) is 0 Å².